The number of nitrogens with one attached hydrogen (secondary N) is 1. The molecule has 0 saturated heterocycles. The highest BCUT2D eigenvalue weighted by atomic mass is 19.2. The van der Waals surface area contributed by atoms with E-state index in [2.05, 4.69) is 10.3 Å². The first-order chi connectivity index (χ1) is 10.1. The van der Waals surface area contributed by atoms with E-state index in [9.17, 15) is 18.0 Å². The van der Waals surface area contributed by atoms with Crippen molar-refractivity contribution in [1.29, 1.82) is 0 Å². The first-order valence-corrected chi connectivity index (χ1v) is 6.49. The van der Waals surface area contributed by atoms with Crippen LogP contribution in [0.15, 0.2) is 24.7 Å². The molecule has 1 aliphatic rings. The van der Waals surface area contributed by atoms with Crippen molar-refractivity contribution in [2.24, 2.45) is 5.92 Å². The Bertz CT molecular complexity index is 699. The van der Waals surface area contributed by atoms with Gasteiger partial charge in [-0.2, -0.15) is 0 Å². The molecule has 0 radical (unpaired) electrons. The average molecular weight is 295 g/mol. The van der Waals surface area contributed by atoms with Crippen molar-refractivity contribution in [2.45, 2.75) is 19.4 Å². The number of carbonyl (C=O) groups is 1. The normalized spacial score (nSPS) is 17.4. The molecule has 1 N–H and O–H groups in total. The standard InChI is InChI=1S/C14H12F3N3O/c15-10-1-2-11(13(17)12(10)16)19-14(21)8-3-4-20-7-18-6-9(20)5-8/h1-2,6-8H,3-5H2,(H,19,21). The highest BCUT2D eigenvalue weighted by Gasteiger charge is 2.26. The molecule has 0 saturated carbocycles. The lowest BCUT2D eigenvalue weighted by molar-refractivity contribution is -0.120. The van der Waals surface area contributed by atoms with Crippen molar-refractivity contribution in [1.82, 2.24) is 9.55 Å². The monoisotopic (exact) mass is 295 g/mol. The topological polar surface area (TPSA) is 46.9 Å². The van der Waals surface area contributed by atoms with E-state index in [-0.39, 0.29) is 11.6 Å². The van der Waals surface area contributed by atoms with Gasteiger partial charge in [0.2, 0.25) is 5.91 Å². The molecule has 4 nitrogen and oxygen atoms in total. The number of imidazole rings is 1. The zero-order chi connectivity index (χ0) is 15.0. The summed E-state index contributed by atoms with van der Waals surface area (Å²) in [7, 11) is 0. The lowest BCUT2D eigenvalue weighted by Gasteiger charge is -2.23. The molecule has 1 amide bonds. The second kappa shape index (κ2) is 5.23. The van der Waals surface area contributed by atoms with Crippen LogP contribution in [0.4, 0.5) is 18.9 Å². The summed E-state index contributed by atoms with van der Waals surface area (Å²) in [5.41, 5.74) is 0.574. The first kappa shape index (κ1) is 13.7. The third-order valence-corrected chi connectivity index (χ3v) is 3.64. The van der Waals surface area contributed by atoms with E-state index < -0.39 is 23.4 Å². The zero-order valence-corrected chi connectivity index (χ0v) is 10.9. The number of benzene rings is 1. The molecule has 1 aliphatic heterocycles. The Balaban J connectivity index is 1.74. The maximum absolute atomic E-state index is 13.5. The SMILES string of the molecule is O=C(Nc1ccc(F)c(F)c1F)C1CCn2cncc2C1. The maximum atomic E-state index is 13.5. The fourth-order valence-electron chi connectivity index (χ4n) is 2.45. The fourth-order valence-corrected chi connectivity index (χ4v) is 2.45. The minimum Gasteiger partial charge on any atom is -0.335 e. The fraction of sp³-hybridized carbons (Fsp3) is 0.286. The predicted octanol–water partition coefficient (Wildman–Crippen LogP) is 2.50. The lowest BCUT2D eigenvalue weighted by atomic mass is 9.95. The molecule has 0 spiro atoms. The number of amides is 1. The Kier molecular flexibility index (Phi) is 3.40. The van der Waals surface area contributed by atoms with E-state index in [1.54, 1.807) is 12.5 Å². The summed E-state index contributed by atoms with van der Waals surface area (Å²) in [4.78, 5) is 16.1. The molecule has 1 aromatic carbocycles. The van der Waals surface area contributed by atoms with Gasteiger partial charge in [-0.05, 0) is 18.6 Å². The molecule has 0 fully saturated rings. The summed E-state index contributed by atoms with van der Waals surface area (Å²) in [6, 6.07) is 1.79. The number of nitrogens with zero attached hydrogens (tertiary/aromatic N) is 2. The summed E-state index contributed by atoms with van der Waals surface area (Å²) < 4.78 is 41.5. The van der Waals surface area contributed by atoms with Crippen LogP contribution in [0.3, 0.4) is 0 Å². The number of rotatable bonds is 2. The molecular weight excluding hydrogens is 283 g/mol. The number of carbonyl (C=O) groups excluding carboxylic acids is 1. The number of aryl methyl sites for hydroxylation is 1. The van der Waals surface area contributed by atoms with Gasteiger partial charge in [-0.25, -0.2) is 18.2 Å². The van der Waals surface area contributed by atoms with Gasteiger partial charge in [-0.3, -0.25) is 4.79 Å². The summed E-state index contributed by atoms with van der Waals surface area (Å²) in [6.45, 7) is 0.647. The first-order valence-electron chi connectivity index (χ1n) is 6.49. The molecule has 1 aromatic heterocycles. The Hall–Kier alpha value is -2.31. The highest BCUT2D eigenvalue weighted by molar-refractivity contribution is 5.92. The molecule has 3 rings (SSSR count). The van der Waals surface area contributed by atoms with Crippen LogP contribution in [0.5, 0.6) is 0 Å². The number of hydrogen-bond acceptors (Lipinski definition) is 2. The number of aromatic nitrogens is 2. The van der Waals surface area contributed by atoms with Gasteiger partial charge in [0, 0.05) is 30.8 Å². The van der Waals surface area contributed by atoms with Crippen molar-refractivity contribution in [3.05, 3.63) is 47.8 Å². The van der Waals surface area contributed by atoms with Crippen LogP contribution in [0.1, 0.15) is 12.1 Å². The maximum Gasteiger partial charge on any atom is 0.228 e. The van der Waals surface area contributed by atoms with Gasteiger partial charge < -0.3 is 9.88 Å². The van der Waals surface area contributed by atoms with Gasteiger partial charge in [-0.1, -0.05) is 0 Å². The van der Waals surface area contributed by atoms with Crippen LogP contribution < -0.4 is 5.32 Å². The molecule has 2 heterocycles. The third-order valence-electron chi connectivity index (χ3n) is 3.64. The number of anilines is 1. The van der Waals surface area contributed by atoms with Crippen LogP contribution in [0.2, 0.25) is 0 Å². The predicted molar refractivity (Wildman–Crippen MR) is 69.0 cm³/mol. The van der Waals surface area contributed by atoms with Crippen LogP contribution in [-0.4, -0.2) is 15.5 Å². The minimum absolute atomic E-state index is 0.346. The molecule has 0 aliphatic carbocycles. The molecule has 2 aromatic rings. The van der Waals surface area contributed by atoms with Gasteiger partial charge in [-0.15, -0.1) is 0 Å². The van der Waals surface area contributed by atoms with Crippen LogP contribution in [0.25, 0.3) is 0 Å². The van der Waals surface area contributed by atoms with E-state index in [0.717, 1.165) is 17.8 Å². The zero-order valence-electron chi connectivity index (χ0n) is 10.9. The Morgan fingerprint density at radius 2 is 2.10 bits per heavy atom. The van der Waals surface area contributed by atoms with Gasteiger partial charge in [0.25, 0.3) is 0 Å². The van der Waals surface area contributed by atoms with Gasteiger partial charge in [0.05, 0.1) is 12.0 Å². The summed E-state index contributed by atoms with van der Waals surface area (Å²) >= 11 is 0. The van der Waals surface area contributed by atoms with Crippen molar-refractivity contribution in [3.63, 3.8) is 0 Å². The lowest BCUT2D eigenvalue weighted by Crippen LogP contribution is -2.30. The summed E-state index contributed by atoms with van der Waals surface area (Å²) in [5.74, 6) is -5.01. The molecular formula is C14H12F3N3O. The van der Waals surface area contributed by atoms with Crippen LogP contribution in [-0.2, 0) is 17.8 Å². The van der Waals surface area contributed by atoms with Crippen LogP contribution >= 0.6 is 0 Å². The average Bonchev–Trinajstić information content (AvgIpc) is 2.95. The Morgan fingerprint density at radius 1 is 1.29 bits per heavy atom. The third kappa shape index (κ3) is 2.51. The Labute approximate surface area is 118 Å². The van der Waals surface area contributed by atoms with E-state index in [1.165, 1.54) is 0 Å². The number of halogens is 3. The number of hydrogen-bond donors (Lipinski definition) is 1. The molecule has 7 heteroatoms. The largest absolute Gasteiger partial charge is 0.335 e. The second-order valence-corrected chi connectivity index (χ2v) is 4.98. The van der Waals surface area contributed by atoms with Crippen molar-refractivity contribution in [2.75, 3.05) is 5.32 Å². The van der Waals surface area contributed by atoms with E-state index in [1.807, 2.05) is 4.57 Å². The van der Waals surface area contributed by atoms with Gasteiger partial charge in [0.1, 0.15) is 0 Å². The molecule has 21 heavy (non-hydrogen) atoms. The molecule has 0 bridgehead atoms. The van der Waals surface area contributed by atoms with E-state index in [4.69, 9.17) is 0 Å². The summed E-state index contributed by atoms with van der Waals surface area (Å²) in [6.07, 6.45) is 4.44. The minimum atomic E-state index is -1.59. The quantitative estimate of drug-likeness (QED) is 0.865. The second-order valence-electron chi connectivity index (χ2n) is 4.98. The van der Waals surface area contributed by atoms with Crippen molar-refractivity contribution in [3.8, 4) is 0 Å². The Morgan fingerprint density at radius 3 is 2.90 bits per heavy atom. The summed E-state index contributed by atoms with van der Waals surface area (Å²) in [5, 5.41) is 2.32. The van der Waals surface area contributed by atoms with Crippen LogP contribution in [0, 0.1) is 23.4 Å². The van der Waals surface area contributed by atoms with Gasteiger partial charge in [0.15, 0.2) is 17.5 Å². The van der Waals surface area contributed by atoms with Crippen molar-refractivity contribution >= 4 is 11.6 Å². The number of fused-ring (bicyclic) bond motifs is 1. The molecule has 1 unspecified atom stereocenters. The van der Waals surface area contributed by atoms with E-state index in [0.29, 0.717) is 19.4 Å². The smallest absolute Gasteiger partial charge is 0.228 e. The molecule has 110 valence electrons. The molecule has 1 atom stereocenters. The highest BCUT2D eigenvalue weighted by Crippen LogP contribution is 2.24. The van der Waals surface area contributed by atoms with Crippen molar-refractivity contribution < 1.29 is 18.0 Å². The van der Waals surface area contributed by atoms with Gasteiger partial charge >= 0.3 is 0 Å². The van der Waals surface area contributed by atoms with E-state index >= 15 is 0 Å².